The molecule has 0 amide bonds. The molecule has 1 aliphatic heterocycles. The summed E-state index contributed by atoms with van der Waals surface area (Å²) < 4.78 is 4.91. The normalized spacial score (nSPS) is 14.7. The smallest absolute Gasteiger partial charge is 0.310 e. The van der Waals surface area contributed by atoms with Gasteiger partial charge < -0.3 is 9.64 Å². The van der Waals surface area contributed by atoms with Gasteiger partial charge in [0.25, 0.3) is 0 Å². The van der Waals surface area contributed by atoms with E-state index in [1.165, 1.54) is 6.42 Å². The van der Waals surface area contributed by atoms with Gasteiger partial charge in [-0.1, -0.05) is 0 Å². The summed E-state index contributed by atoms with van der Waals surface area (Å²) in [5.41, 5.74) is 1.26. The maximum absolute atomic E-state index is 11.5. The Labute approximate surface area is 119 Å². The third-order valence-corrected chi connectivity index (χ3v) is 3.35. The molecule has 0 N–H and O–H groups in total. The van der Waals surface area contributed by atoms with Crippen LogP contribution in [0.4, 0.5) is 5.82 Å². The fourth-order valence-corrected chi connectivity index (χ4v) is 2.42. The molecule has 1 saturated heterocycles. The monoisotopic (exact) mass is 273 g/mol. The molecule has 0 aromatic carbocycles. The lowest BCUT2D eigenvalue weighted by atomic mass is 10.1. The number of carbonyl (C=O) groups excluding carboxylic acids is 1. The SMILES string of the molecule is CCOC(=O)Cc1cnc(N2CCCCC2)c(C#N)c1. The van der Waals surface area contributed by atoms with Crippen molar-refractivity contribution in [2.24, 2.45) is 0 Å². The molecule has 1 aromatic heterocycles. The summed E-state index contributed by atoms with van der Waals surface area (Å²) in [5, 5.41) is 9.28. The summed E-state index contributed by atoms with van der Waals surface area (Å²) in [7, 11) is 0. The van der Waals surface area contributed by atoms with Crippen LogP contribution in [0, 0.1) is 11.3 Å². The Morgan fingerprint density at radius 3 is 2.85 bits per heavy atom. The largest absolute Gasteiger partial charge is 0.466 e. The third-order valence-electron chi connectivity index (χ3n) is 3.35. The van der Waals surface area contributed by atoms with E-state index in [2.05, 4.69) is 16.0 Å². The Kier molecular flexibility index (Phi) is 4.94. The number of hydrogen-bond acceptors (Lipinski definition) is 5. The second-order valence-corrected chi connectivity index (χ2v) is 4.86. The van der Waals surface area contributed by atoms with Crippen LogP contribution in [-0.2, 0) is 16.0 Å². The molecule has 0 radical (unpaired) electrons. The minimum atomic E-state index is -0.288. The Balaban J connectivity index is 2.15. The van der Waals surface area contributed by atoms with E-state index in [4.69, 9.17) is 4.74 Å². The summed E-state index contributed by atoms with van der Waals surface area (Å²) in [4.78, 5) is 18.0. The molecule has 1 aromatic rings. The van der Waals surface area contributed by atoms with Gasteiger partial charge in [0.1, 0.15) is 11.9 Å². The molecule has 5 heteroatoms. The molecule has 1 fully saturated rings. The van der Waals surface area contributed by atoms with Crippen molar-refractivity contribution in [2.45, 2.75) is 32.6 Å². The predicted molar refractivity (Wildman–Crippen MR) is 75.4 cm³/mol. The average molecular weight is 273 g/mol. The van der Waals surface area contributed by atoms with E-state index in [-0.39, 0.29) is 12.4 Å². The maximum Gasteiger partial charge on any atom is 0.310 e. The number of rotatable bonds is 4. The molecule has 2 rings (SSSR count). The molecule has 20 heavy (non-hydrogen) atoms. The average Bonchev–Trinajstić information content (AvgIpc) is 2.48. The molecule has 1 aliphatic rings. The summed E-state index contributed by atoms with van der Waals surface area (Å²) in [6, 6.07) is 3.93. The van der Waals surface area contributed by atoms with Gasteiger partial charge >= 0.3 is 5.97 Å². The van der Waals surface area contributed by atoms with Gasteiger partial charge in [0, 0.05) is 19.3 Å². The lowest BCUT2D eigenvalue weighted by Gasteiger charge is -2.28. The summed E-state index contributed by atoms with van der Waals surface area (Å²) in [6.45, 7) is 4.03. The summed E-state index contributed by atoms with van der Waals surface area (Å²) in [5.74, 6) is 0.448. The Morgan fingerprint density at radius 2 is 2.20 bits per heavy atom. The van der Waals surface area contributed by atoms with Gasteiger partial charge in [-0.2, -0.15) is 5.26 Å². The van der Waals surface area contributed by atoms with E-state index in [1.54, 1.807) is 19.2 Å². The zero-order chi connectivity index (χ0) is 14.4. The first-order valence-electron chi connectivity index (χ1n) is 7.04. The van der Waals surface area contributed by atoms with Gasteiger partial charge in [-0.25, -0.2) is 4.98 Å². The van der Waals surface area contributed by atoms with Crippen LogP contribution in [0.5, 0.6) is 0 Å². The van der Waals surface area contributed by atoms with E-state index in [9.17, 15) is 10.1 Å². The van der Waals surface area contributed by atoms with Crippen molar-refractivity contribution in [3.63, 3.8) is 0 Å². The van der Waals surface area contributed by atoms with Crippen LogP contribution in [-0.4, -0.2) is 30.6 Å². The number of pyridine rings is 1. The van der Waals surface area contributed by atoms with E-state index in [0.29, 0.717) is 12.2 Å². The first-order chi connectivity index (χ1) is 9.74. The number of carbonyl (C=O) groups is 1. The van der Waals surface area contributed by atoms with Gasteiger partial charge in [-0.15, -0.1) is 0 Å². The number of hydrogen-bond donors (Lipinski definition) is 0. The molecular weight excluding hydrogens is 254 g/mol. The summed E-state index contributed by atoms with van der Waals surface area (Å²) in [6.07, 6.45) is 5.34. The second-order valence-electron chi connectivity index (χ2n) is 4.86. The van der Waals surface area contributed by atoms with Crippen molar-refractivity contribution in [1.82, 2.24) is 4.98 Å². The molecule has 0 spiro atoms. The number of piperidine rings is 1. The standard InChI is InChI=1S/C15H19N3O2/c1-2-20-14(19)9-12-8-13(10-16)15(17-11-12)18-6-4-3-5-7-18/h8,11H,2-7,9H2,1H3. The van der Waals surface area contributed by atoms with Crippen molar-refractivity contribution in [2.75, 3.05) is 24.6 Å². The Bertz CT molecular complexity index is 516. The molecular formula is C15H19N3O2. The minimum absolute atomic E-state index is 0.162. The predicted octanol–water partition coefficient (Wildman–Crippen LogP) is 2.05. The van der Waals surface area contributed by atoms with Gasteiger partial charge in [-0.3, -0.25) is 4.79 Å². The fraction of sp³-hybridized carbons (Fsp3) is 0.533. The highest BCUT2D eigenvalue weighted by molar-refractivity contribution is 5.73. The lowest BCUT2D eigenvalue weighted by molar-refractivity contribution is -0.142. The number of aromatic nitrogens is 1. The highest BCUT2D eigenvalue weighted by Gasteiger charge is 2.17. The molecule has 0 saturated carbocycles. The number of nitriles is 1. The van der Waals surface area contributed by atoms with Crippen LogP contribution in [0.2, 0.25) is 0 Å². The minimum Gasteiger partial charge on any atom is -0.466 e. The fourth-order valence-electron chi connectivity index (χ4n) is 2.42. The van der Waals surface area contributed by atoms with E-state index >= 15 is 0 Å². The van der Waals surface area contributed by atoms with Crippen LogP contribution >= 0.6 is 0 Å². The van der Waals surface area contributed by atoms with Crippen LogP contribution < -0.4 is 4.90 Å². The van der Waals surface area contributed by atoms with Crippen LogP contribution in [0.15, 0.2) is 12.3 Å². The zero-order valence-electron chi connectivity index (χ0n) is 11.8. The number of anilines is 1. The second kappa shape index (κ2) is 6.90. The van der Waals surface area contributed by atoms with Crippen LogP contribution in [0.25, 0.3) is 0 Å². The topological polar surface area (TPSA) is 66.2 Å². The molecule has 0 aliphatic carbocycles. The van der Waals surface area contributed by atoms with Crippen molar-refractivity contribution >= 4 is 11.8 Å². The van der Waals surface area contributed by atoms with Crippen molar-refractivity contribution in [3.05, 3.63) is 23.4 Å². The van der Waals surface area contributed by atoms with E-state index in [0.717, 1.165) is 37.3 Å². The lowest BCUT2D eigenvalue weighted by Crippen LogP contribution is -2.30. The molecule has 2 heterocycles. The Morgan fingerprint density at radius 1 is 1.45 bits per heavy atom. The summed E-state index contributed by atoms with van der Waals surface area (Å²) >= 11 is 0. The quantitative estimate of drug-likeness (QED) is 0.785. The van der Waals surface area contributed by atoms with Crippen LogP contribution in [0.1, 0.15) is 37.3 Å². The van der Waals surface area contributed by atoms with Gasteiger partial charge in [-0.05, 0) is 37.8 Å². The van der Waals surface area contributed by atoms with Crippen molar-refractivity contribution in [1.29, 1.82) is 5.26 Å². The number of nitrogens with zero attached hydrogens (tertiary/aromatic N) is 3. The van der Waals surface area contributed by atoms with Crippen molar-refractivity contribution < 1.29 is 9.53 Å². The van der Waals surface area contributed by atoms with E-state index in [1.807, 2.05) is 0 Å². The molecule has 5 nitrogen and oxygen atoms in total. The van der Waals surface area contributed by atoms with Gasteiger partial charge in [0.15, 0.2) is 0 Å². The number of ether oxygens (including phenoxy) is 1. The first kappa shape index (κ1) is 14.3. The molecule has 0 unspecified atom stereocenters. The van der Waals surface area contributed by atoms with Crippen molar-refractivity contribution in [3.8, 4) is 6.07 Å². The van der Waals surface area contributed by atoms with Crippen LogP contribution in [0.3, 0.4) is 0 Å². The highest BCUT2D eigenvalue weighted by atomic mass is 16.5. The third kappa shape index (κ3) is 3.47. The molecule has 0 atom stereocenters. The van der Waals surface area contributed by atoms with Gasteiger partial charge in [0.2, 0.25) is 0 Å². The highest BCUT2D eigenvalue weighted by Crippen LogP contribution is 2.22. The zero-order valence-corrected chi connectivity index (χ0v) is 11.8. The molecule has 106 valence electrons. The van der Waals surface area contributed by atoms with E-state index < -0.39 is 0 Å². The first-order valence-corrected chi connectivity index (χ1v) is 7.04. The van der Waals surface area contributed by atoms with Gasteiger partial charge in [0.05, 0.1) is 18.6 Å². The Hall–Kier alpha value is -2.09. The molecule has 0 bridgehead atoms. The number of esters is 1. The maximum atomic E-state index is 11.5.